The molecule has 2 heterocycles. The number of aromatic nitrogens is 3. The van der Waals surface area contributed by atoms with Gasteiger partial charge in [0.15, 0.2) is 0 Å². The number of para-hydroxylation sites is 1. The Balaban J connectivity index is 2.10. The van der Waals surface area contributed by atoms with Crippen LogP contribution in [0.3, 0.4) is 0 Å². The number of nitrogens with zero attached hydrogens (tertiary/aromatic N) is 3. The van der Waals surface area contributed by atoms with Crippen molar-refractivity contribution < 1.29 is 4.39 Å². The zero-order valence-electron chi connectivity index (χ0n) is 9.99. The van der Waals surface area contributed by atoms with Crippen molar-refractivity contribution in [3.63, 3.8) is 0 Å². The first kappa shape index (κ1) is 11.4. The Bertz CT molecular complexity index is 706. The number of hydrogen-bond acceptors (Lipinski definition) is 3. The summed E-state index contributed by atoms with van der Waals surface area (Å²) in [6, 6.07) is 10.1. The second kappa shape index (κ2) is 4.53. The van der Waals surface area contributed by atoms with E-state index in [4.69, 9.17) is 5.73 Å². The van der Waals surface area contributed by atoms with E-state index in [9.17, 15) is 4.39 Å². The summed E-state index contributed by atoms with van der Waals surface area (Å²) in [7, 11) is 0. The van der Waals surface area contributed by atoms with E-state index in [0.29, 0.717) is 17.1 Å². The molecule has 0 unspecified atom stereocenters. The van der Waals surface area contributed by atoms with E-state index in [2.05, 4.69) is 10.1 Å². The monoisotopic (exact) mass is 254 g/mol. The summed E-state index contributed by atoms with van der Waals surface area (Å²) in [5, 5.41) is 4.32. The van der Waals surface area contributed by atoms with E-state index in [1.165, 1.54) is 10.7 Å². The number of hydrogen-bond donors (Lipinski definition) is 1. The lowest BCUT2D eigenvalue weighted by molar-refractivity contribution is 0.611. The molecular weight excluding hydrogens is 243 g/mol. The summed E-state index contributed by atoms with van der Waals surface area (Å²) < 4.78 is 15.1. The molecule has 19 heavy (non-hydrogen) atoms. The van der Waals surface area contributed by atoms with Gasteiger partial charge in [0.1, 0.15) is 17.2 Å². The number of benzene rings is 1. The first-order valence-electron chi connectivity index (χ1n) is 5.76. The molecule has 0 fully saturated rings. The molecule has 0 aliphatic rings. The van der Waals surface area contributed by atoms with Gasteiger partial charge in [-0.15, -0.1) is 0 Å². The van der Waals surface area contributed by atoms with Crippen LogP contribution < -0.4 is 5.73 Å². The van der Waals surface area contributed by atoms with Gasteiger partial charge in [-0.1, -0.05) is 12.1 Å². The predicted octanol–water partition coefficient (Wildman–Crippen LogP) is 2.66. The molecule has 0 amide bonds. The van der Waals surface area contributed by atoms with Crippen LogP contribution in [0.2, 0.25) is 0 Å². The first-order chi connectivity index (χ1) is 9.25. The Morgan fingerprint density at radius 1 is 1.11 bits per heavy atom. The molecule has 0 aliphatic carbocycles. The van der Waals surface area contributed by atoms with E-state index in [1.54, 1.807) is 42.9 Å². The fraction of sp³-hybridized carbons (Fsp3) is 0. The van der Waals surface area contributed by atoms with Crippen LogP contribution in [0.4, 0.5) is 10.1 Å². The molecule has 5 heteroatoms. The Labute approximate surface area is 109 Å². The number of halogens is 1. The van der Waals surface area contributed by atoms with Crippen molar-refractivity contribution in [1.82, 2.24) is 14.8 Å². The van der Waals surface area contributed by atoms with Gasteiger partial charge in [0.25, 0.3) is 0 Å². The lowest BCUT2D eigenvalue weighted by atomic mass is 10.2. The molecule has 0 atom stereocenters. The van der Waals surface area contributed by atoms with Gasteiger partial charge >= 0.3 is 0 Å². The topological polar surface area (TPSA) is 56.7 Å². The maximum absolute atomic E-state index is 13.7. The highest BCUT2D eigenvalue weighted by molar-refractivity contribution is 5.71. The fourth-order valence-electron chi connectivity index (χ4n) is 1.88. The Morgan fingerprint density at radius 3 is 2.68 bits per heavy atom. The Morgan fingerprint density at radius 2 is 1.95 bits per heavy atom. The lowest BCUT2D eigenvalue weighted by Gasteiger charge is -2.01. The highest BCUT2D eigenvalue weighted by Gasteiger charge is 2.11. The van der Waals surface area contributed by atoms with Crippen LogP contribution in [0.5, 0.6) is 0 Å². The molecule has 0 spiro atoms. The molecule has 4 nitrogen and oxygen atoms in total. The van der Waals surface area contributed by atoms with Crippen molar-refractivity contribution in [2.75, 3.05) is 5.73 Å². The maximum Gasteiger partial charge on any atom is 0.148 e. The number of pyridine rings is 1. The van der Waals surface area contributed by atoms with Crippen molar-refractivity contribution in [3.05, 3.63) is 60.8 Å². The summed E-state index contributed by atoms with van der Waals surface area (Å²) in [4.78, 5) is 4.02. The van der Waals surface area contributed by atoms with Gasteiger partial charge in [-0.3, -0.25) is 4.98 Å². The van der Waals surface area contributed by atoms with E-state index in [0.717, 1.165) is 5.56 Å². The van der Waals surface area contributed by atoms with Crippen molar-refractivity contribution in [3.8, 4) is 16.9 Å². The molecule has 0 radical (unpaired) electrons. The first-order valence-corrected chi connectivity index (χ1v) is 5.76. The minimum absolute atomic E-state index is 0.345. The SMILES string of the molecule is Nc1cn(-c2ccccc2F)nc1-c1cccnc1. The maximum atomic E-state index is 13.7. The van der Waals surface area contributed by atoms with Crippen molar-refractivity contribution in [2.45, 2.75) is 0 Å². The quantitative estimate of drug-likeness (QED) is 0.764. The van der Waals surface area contributed by atoms with Gasteiger partial charge in [-0.2, -0.15) is 5.10 Å². The lowest BCUT2D eigenvalue weighted by Crippen LogP contribution is -1.98. The van der Waals surface area contributed by atoms with Crippen LogP contribution >= 0.6 is 0 Å². The van der Waals surface area contributed by atoms with E-state index < -0.39 is 0 Å². The second-order valence-corrected chi connectivity index (χ2v) is 4.07. The number of nitrogen functional groups attached to an aromatic ring is 1. The number of rotatable bonds is 2. The van der Waals surface area contributed by atoms with Gasteiger partial charge in [-0.25, -0.2) is 9.07 Å². The average molecular weight is 254 g/mol. The molecule has 0 saturated heterocycles. The molecule has 0 saturated carbocycles. The molecule has 3 aromatic rings. The van der Waals surface area contributed by atoms with Crippen LogP contribution in [-0.4, -0.2) is 14.8 Å². The van der Waals surface area contributed by atoms with Gasteiger partial charge in [-0.05, 0) is 24.3 Å². The zero-order valence-corrected chi connectivity index (χ0v) is 9.99. The fourth-order valence-corrected chi connectivity index (χ4v) is 1.88. The van der Waals surface area contributed by atoms with E-state index in [-0.39, 0.29) is 5.82 Å². The smallest absolute Gasteiger partial charge is 0.148 e. The van der Waals surface area contributed by atoms with Crippen molar-refractivity contribution in [2.24, 2.45) is 0 Å². The van der Waals surface area contributed by atoms with E-state index >= 15 is 0 Å². The van der Waals surface area contributed by atoms with Crippen LogP contribution in [0.25, 0.3) is 16.9 Å². The molecule has 0 aliphatic heterocycles. The molecule has 1 aromatic carbocycles. The predicted molar refractivity (Wildman–Crippen MR) is 71.2 cm³/mol. The summed E-state index contributed by atoms with van der Waals surface area (Å²) in [5.41, 5.74) is 8.17. The largest absolute Gasteiger partial charge is 0.396 e. The van der Waals surface area contributed by atoms with Crippen LogP contribution in [-0.2, 0) is 0 Å². The van der Waals surface area contributed by atoms with Crippen LogP contribution in [0.1, 0.15) is 0 Å². The molecule has 94 valence electrons. The molecule has 2 aromatic heterocycles. The molecule has 0 bridgehead atoms. The van der Waals surface area contributed by atoms with Crippen molar-refractivity contribution in [1.29, 1.82) is 0 Å². The standard InChI is InChI=1S/C14H11FN4/c15-11-5-1-2-6-13(11)19-9-12(16)14(18-19)10-4-3-7-17-8-10/h1-9H,16H2. The molecule has 3 rings (SSSR count). The van der Waals surface area contributed by atoms with E-state index in [1.807, 2.05) is 6.07 Å². The van der Waals surface area contributed by atoms with Gasteiger partial charge in [0, 0.05) is 18.0 Å². The molecular formula is C14H11FN4. The zero-order chi connectivity index (χ0) is 13.2. The number of nitrogens with two attached hydrogens (primary N) is 1. The normalized spacial score (nSPS) is 10.6. The van der Waals surface area contributed by atoms with Gasteiger partial charge < -0.3 is 5.73 Å². The summed E-state index contributed by atoms with van der Waals surface area (Å²) in [6.07, 6.45) is 4.94. The minimum Gasteiger partial charge on any atom is -0.396 e. The highest BCUT2D eigenvalue weighted by atomic mass is 19.1. The van der Waals surface area contributed by atoms with Crippen LogP contribution in [0.15, 0.2) is 55.0 Å². The minimum atomic E-state index is -0.345. The third-order valence-corrected chi connectivity index (χ3v) is 2.78. The molecule has 2 N–H and O–H groups in total. The summed E-state index contributed by atoms with van der Waals surface area (Å²) >= 11 is 0. The van der Waals surface area contributed by atoms with Gasteiger partial charge in [0.2, 0.25) is 0 Å². The van der Waals surface area contributed by atoms with Crippen LogP contribution in [0, 0.1) is 5.82 Å². The average Bonchev–Trinajstić information content (AvgIpc) is 2.82. The number of anilines is 1. The van der Waals surface area contributed by atoms with Crippen molar-refractivity contribution >= 4 is 5.69 Å². The highest BCUT2D eigenvalue weighted by Crippen LogP contribution is 2.25. The Kier molecular flexibility index (Phi) is 2.72. The van der Waals surface area contributed by atoms with Gasteiger partial charge in [0.05, 0.1) is 11.9 Å². The second-order valence-electron chi connectivity index (χ2n) is 4.07. The third-order valence-electron chi connectivity index (χ3n) is 2.78. The third kappa shape index (κ3) is 2.06. The summed E-state index contributed by atoms with van der Waals surface area (Å²) in [5.74, 6) is -0.345. The Hall–Kier alpha value is -2.69. The summed E-state index contributed by atoms with van der Waals surface area (Å²) in [6.45, 7) is 0.